The molecule has 1 fully saturated rings. The number of anilines is 5. The van der Waals surface area contributed by atoms with Gasteiger partial charge in [0.1, 0.15) is 17.5 Å². The number of rotatable bonds is 8. The number of nitriles is 1. The number of carbonyl (C=O) groups is 1. The number of carbonyl (C=O) groups excluding carboxylic acids is 1. The van der Waals surface area contributed by atoms with Crippen molar-refractivity contribution < 1.29 is 4.79 Å². The Hall–Kier alpha value is -3.64. The van der Waals surface area contributed by atoms with E-state index < -0.39 is 0 Å². The number of nitrogens with one attached hydrogen (secondary N) is 3. The molecule has 168 valence electrons. The summed E-state index contributed by atoms with van der Waals surface area (Å²) in [6, 6.07) is 8.07. The van der Waals surface area contributed by atoms with Crippen molar-refractivity contribution in [1.82, 2.24) is 14.9 Å². The van der Waals surface area contributed by atoms with Crippen molar-refractivity contribution in [3.63, 3.8) is 0 Å². The minimum atomic E-state index is -0.302. The smallest absolute Gasteiger partial charge is 0.247 e. The summed E-state index contributed by atoms with van der Waals surface area (Å²) >= 11 is 0. The molecular weight excluding hydrogens is 404 g/mol. The molecule has 1 saturated heterocycles. The van der Waals surface area contributed by atoms with E-state index >= 15 is 0 Å². The molecule has 9 heteroatoms. The molecule has 32 heavy (non-hydrogen) atoms. The summed E-state index contributed by atoms with van der Waals surface area (Å²) in [5.74, 6) is 0.483. The highest BCUT2D eigenvalue weighted by atomic mass is 16.1. The normalized spacial score (nSPS) is 14.0. The first-order chi connectivity index (χ1) is 15.4. The Labute approximate surface area is 189 Å². The van der Waals surface area contributed by atoms with Crippen molar-refractivity contribution in [2.24, 2.45) is 0 Å². The summed E-state index contributed by atoms with van der Waals surface area (Å²) in [6.07, 6.45) is 2.71. The second-order valence-electron chi connectivity index (χ2n) is 7.84. The third-order valence-electron chi connectivity index (χ3n) is 5.21. The number of hydrogen-bond acceptors (Lipinski definition) is 8. The van der Waals surface area contributed by atoms with Crippen LogP contribution in [0.25, 0.3) is 0 Å². The third-order valence-corrected chi connectivity index (χ3v) is 5.21. The molecule has 2 aromatic rings. The van der Waals surface area contributed by atoms with Gasteiger partial charge in [0.15, 0.2) is 0 Å². The maximum Gasteiger partial charge on any atom is 0.247 e. The number of hydrogen-bond donors (Lipinski definition) is 3. The summed E-state index contributed by atoms with van der Waals surface area (Å²) in [5.41, 5.74) is 2.66. The first kappa shape index (κ1) is 23.0. The average molecular weight is 435 g/mol. The van der Waals surface area contributed by atoms with Crippen LogP contribution in [0.2, 0.25) is 0 Å². The van der Waals surface area contributed by atoms with Gasteiger partial charge in [0.25, 0.3) is 0 Å². The predicted molar refractivity (Wildman–Crippen MR) is 128 cm³/mol. The van der Waals surface area contributed by atoms with Gasteiger partial charge in [0, 0.05) is 37.9 Å². The largest absolute Gasteiger partial charge is 0.369 e. The fourth-order valence-electron chi connectivity index (χ4n) is 3.48. The van der Waals surface area contributed by atoms with Gasteiger partial charge in [-0.15, -0.1) is 0 Å². The number of piperazine rings is 1. The molecule has 1 aliphatic heterocycles. The van der Waals surface area contributed by atoms with Gasteiger partial charge in [-0.05, 0) is 44.7 Å². The molecule has 0 spiro atoms. The lowest BCUT2D eigenvalue weighted by atomic mass is 10.2. The molecule has 1 aromatic heterocycles. The van der Waals surface area contributed by atoms with E-state index in [-0.39, 0.29) is 11.9 Å². The van der Waals surface area contributed by atoms with Gasteiger partial charge in [-0.1, -0.05) is 13.5 Å². The van der Waals surface area contributed by atoms with Crippen LogP contribution < -0.4 is 20.9 Å². The van der Waals surface area contributed by atoms with Gasteiger partial charge < -0.3 is 25.8 Å². The van der Waals surface area contributed by atoms with Crippen molar-refractivity contribution in [3.8, 4) is 6.07 Å². The maximum atomic E-state index is 12.1. The highest BCUT2D eigenvalue weighted by Crippen LogP contribution is 2.30. The van der Waals surface area contributed by atoms with Crippen LogP contribution in [0, 0.1) is 11.3 Å². The van der Waals surface area contributed by atoms with Gasteiger partial charge in [-0.3, -0.25) is 4.79 Å². The molecule has 0 bridgehead atoms. The average Bonchev–Trinajstić information content (AvgIpc) is 2.80. The van der Waals surface area contributed by atoms with Gasteiger partial charge in [-0.25, -0.2) is 4.98 Å². The van der Waals surface area contributed by atoms with Crippen molar-refractivity contribution in [1.29, 1.82) is 5.26 Å². The minimum absolute atomic E-state index is 0.111. The number of benzene rings is 1. The first-order valence-electron chi connectivity index (χ1n) is 10.8. The Bertz CT molecular complexity index is 1010. The van der Waals surface area contributed by atoms with Crippen LogP contribution >= 0.6 is 0 Å². The highest BCUT2D eigenvalue weighted by Gasteiger charge is 2.18. The van der Waals surface area contributed by atoms with Crippen molar-refractivity contribution in [3.05, 3.63) is 42.6 Å². The number of likely N-dealkylation sites (N-methyl/N-ethyl adjacent to an activating group) is 1. The summed E-state index contributed by atoms with van der Waals surface area (Å²) in [6.45, 7) is 14.6. The molecule has 0 aliphatic carbocycles. The van der Waals surface area contributed by atoms with Crippen LogP contribution in [0.1, 0.15) is 26.3 Å². The second kappa shape index (κ2) is 10.6. The van der Waals surface area contributed by atoms with E-state index in [1.54, 1.807) is 0 Å². The molecule has 0 atom stereocenters. The van der Waals surface area contributed by atoms with Crippen LogP contribution in [-0.4, -0.2) is 59.5 Å². The molecule has 0 unspecified atom stereocenters. The van der Waals surface area contributed by atoms with E-state index in [1.807, 2.05) is 32.0 Å². The second-order valence-corrected chi connectivity index (χ2v) is 7.84. The van der Waals surface area contributed by atoms with Crippen LogP contribution in [-0.2, 0) is 4.79 Å². The van der Waals surface area contributed by atoms with E-state index in [0.717, 1.165) is 38.4 Å². The van der Waals surface area contributed by atoms with Crippen LogP contribution in [0.3, 0.4) is 0 Å². The summed E-state index contributed by atoms with van der Waals surface area (Å²) in [7, 11) is 0. The molecule has 0 saturated carbocycles. The lowest BCUT2D eigenvalue weighted by Gasteiger charge is -2.35. The maximum absolute atomic E-state index is 12.1. The van der Waals surface area contributed by atoms with Crippen molar-refractivity contribution in [2.45, 2.75) is 26.8 Å². The van der Waals surface area contributed by atoms with E-state index in [2.05, 4.69) is 55.3 Å². The molecule has 3 N–H and O–H groups in total. The molecule has 1 aliphatic rings. The Morgan fingerprint density at radius 2 is 2.03 bits per heavy atom. The summed E-state index contributed by atoms with van der Waals surface area (Å²) < 4.78 is 0. The Kier molecular flexibility index (Phi) is 7.63. The lowest BCUT2D eigenvalue weighted by molar-refractivity contribution is -0.111. The van der Waals surface area contributed by atoms with Gasteiger partial charge in [0.05, 0.1) is 17.6 Å². The van der Waals surface area contributed by atoms with Crippen molar-refractivity contribution in [2.75, 3.05) is 53.6 Å². The van der Waals surface area contributed by atoms with Crippen molar-refractivity contribution >= 4 is 34.7 Å². The van der Waals surface area contributed by atoms with E-state index in [1.165, 1.54) is 12.3 Å². The zero-order chi connectivity index (χ0) is 23.1. The lowest BCUT2D eigenvalue weighted by Crippen LogP contribution is -2.46. The Morgan fingerprint density at radius 1 is 1.28 bits per heavy atom. The standard InChI is InChI=1S/C23H30N8O/c1-5-21(32)27-20-13-18(31-11-9-30(6-2)10-12-31)7-8-19(20)28-23-25-15-17(14-24)22(29-23)26-16(3)4/h5,7-8,13,15-16H,1,6,9-12H2,2-4H3,(H,27,32)(H2,25,26,28,29). The van der Waals surface area contributed by atoms with Gasteiger partial charge in [-0.2, -0.15) is 10.2 Å². The number of nitrogens with zero attached hydrogens (tertiary/aromatic N) is 5. The van der Waals surface area contributed by atoms with E-state index in [4.69, 9.17) is 0 Å². The SMILES string of the molecule is C=CC(=O)Nc1cc(N2CCN(CC)CC2)ccc1Nc1ncc(C#N)c(NC(C)C)n1. The van der Waals surface area contributed by atoms with Gasteiger partial charge in [0.2, 0.25) is 11.9 Å². The molecule has 2 heterocycles. The molecule has 3 rings (SSSR count). The van der Waals surface area contributed by atoms with Crippen LogP contribution in [0.5, 0.6) is 0 Å². The summed E-state index contributed by atoms with van der Waals surface area (Å²) in [5, 5.41) is 18.5. The zero-order valence-electron chi connectivity index (χ0n) is 18.9. The quantitative estimate of drug-likeness (QED) is 0.544. The Morgan fingerprint density at radius 3 is 2.66 bits per heavy atom. The Balaban J connectivity index is 1.88. The fraction of sp³-hybridized carbons (Fsp3) is 0.391. The fourth-order valence-corrected chi connectivity index (χ4v) is 3.48. The number of amides is 1. The third kappa shape index (κ3) is 5.74. The van der Waals surface area contributed by atoms with Crippen LogP contribution in [0.4, 0.5) is 28.8 Å². The molecule has 0 radical (unpaired) electrons. The molecular formula is C23H30N8O. The van der Waals surface area contributed by atoms with E-state index in [9.17, 15) is 10.1 Å². The summed E-state index contributed by atoms with van der Waals surface area (Å²) in [4.78, 5) is 25.5. The predicted octanol–water partition coefficient (Wildman–Crippen LogP) is 3.18. The molecule has 1 amide bonds. The molecule has 9 nitrogen and oxygen atoms in total. The first-order valence-corrected chi connectivity index (χ1v) is 10.8. The molecule has 1 aromatic carbocycles. The zero-order valence-corrected chi connectivity index (χ0v) is 18.9. The van der Waals surface area contributed by atoms with Crippen LogP contribution in [0.15, 0.2) is 37.1 Å². The topological polar surface area (TPSA) is 109 Å². The monoisotopic (exact) mass is 434 g/mol. The highest BCUT2D eigenvalue weighted by molar-refractivity contribution is 6.01. The minimum Gasteiger partial charge on any atom is -0.369 e. The van der Waals surface area contributed by atoms with E-state index in [0.29, 0.717) is 28.7 Å². The number of aromatic nitrogens is 2. The van der Waals surface area contributed by atoms with Gasteiger partial charge >= 0.3 is 0 Å².